The number of likely N-dealkylation sites (N-methyl/N-ethyl adjacent to an activating group) is 1. The second kappa shape index (κ2) is 4.42. The first-order valence-corrected chi connectivity index (χ1v) is 5.80. The molecule has 1 aromatic rings. The Morgan fingerprint density at radius 2 is 2.31 bits per heavy atom. The first-order chi connectivity index (χ1) is 7.63. The second-order valence-corrected chi connectivity index (χ2v) is 4.68. The third-order valence-corrected chi connectivity index (χ3v) is 3.47. The minimum Gasteiger partial charge on any atom is -0.374 e. The molecule has 1 aliphatic rings. The lowest BCUT2D eigenvalue weighted by atomic mass is 9.94. The highest BCUT2D eigenvalue weighted by molar-refractivity contribution is 5.60. The topological polar surface area (TPSA) is 15.3 Å². The van der Waals surface area contributed by atoms with Gasteiger partial charge in [-0.3, -0.25) is 0 Å². The SMILES string of the molecule is CNC(C)CC1CN(C)c2cccc(F)c21. The van der Waals surface area contributed by atoms with Crippen molar-refractivity contribution in [3.05, 3.63) is 29.6 Å². The molecule has 2 unspecified atom stereocenters. The number of hydrogen-bond acceptors (Lipinski definition) is 2. The summed E-state index contributed by atoms with van der Waals surface area (Å²) in [6, 6.07) is 5.77. The molecular formula is C13H19FN2. The molecule has 0 saturated carbocycles. The van der Waals surface area contributed by atoms with E-state index in [0.717, 1.165) is 24.2 Å². The summed E-state index contributed by atoms with van der Waals surface area (Å²) in [4.78, 5) is 2.14. The van der Waals surface area contributed by atoms with E-state index >= 15 is 0 Å². The molecule has 1 heterocycles. The van der Waals surface area contributed by atoms with Crippen LogP contribution in [0.25, 0.3) is 0 Å². The lowest BCUT2D eigenvalue weighted by molar-refractivity contribution is 0.494. The normalized spacial score (nSPS) is 21.0. The van der Waals surface area contributed by atoms with E-state index in [4.69, 9.17) is 0 Å². The molecule has 3 heteroatoms. The smallest absolute Gasteiger partial charge is 0.128 e. The van der Waals surface area contributed by atoms with Gasteiger partial charge >= 0.3 is 0 Å². The number of hydrogen-bond donors (Lipinski definition) is 1. The Hall–Kier alpha value is -1.09. The molecule has 88 valence electrons. The van der Waals surface area contributed by atoms with Crippen molar-refractivity contribution >= 4 is 5.69 Å². The zero-order valence-electron chi connectivity index (χ0n) is 10.1. The van der Waals surface area contributed by atoms with Crippen LogP contribution in [0.2, 0.25) is 0 Å². The summed E-state index contributed by atoms with van der Waals surface area (Å²) in [5, 5.41) is 3.22. The van der Waals surface area contributed by atoms with Gasteiger partial charge in [0.15, 0.2) is 0 Å². The summed E-state index contributed by atoms with van der Waals surface area (Å²) < 4.78 is 13.8. The number of anilines is 1. The summed E-state index contributed by atoms with van der Waals surface area (Å²) >= 11 is 0. The van der Waals surface area contributed by atoms with Crippen molar-refractivity contribution in [1.29, 1.82) is 0 Å². The molecule has 0 saturated heterocycles. The molecule has 2 atom stereocenters. The van der Waals surface area contributed by atoms with Crippen molar-refractivity contribution < 1.29 is 4.39 Å². The number of halogens is 1. The maximum atomic E-state index is 13.8. The highest BCUT2D eigenvalue weighted by Crippen LogP contribution is 2.39. The van der Waals surface area contributed by atoms with Gasteiger partial charge in [-0.25, -0.2) is 4.39 Å². The van der Waals surface area contributed by atoms with Crippen LogP contribution in [0.4, 0.5) is 10.1 Å². The minimum absolute atomic E-state index is 0.0600. The van der Waals surface area contributed by atoms with Crippen LogP contribution < -0.4 is 10.2 Å². The van der Waals surface area contributed by atoms with E-state index in [1.54, 1.807) is 12.1 Å². The molecule has 2 nitrogen and oxygen atoms in total. The monoisotopic (exact) mass is 222 g/mol. The Morgan fingerprint density at radius 1 is 1.56 bits per heavy atom. The number of nitrogens with one attached hydrogen (secondary N) is 1. The van der Waals surface area contributed by atoms with Gasteiger partial charge in [0.25, 0.3) is 0 Å². The first kappa shape index (κ1) is 11.4. The van der Waals surface area contributed by atoms with Crippen LogP contribution in [0.5, 0.6) is 0 Å². The highest BCUT2D eigenvalue weighted by atomic mass is 19.1. The van der Waals surface area contributed by atoms with E-state index in [-0.39, 0.29) is 5.82 Å². The van der Waals surface area contributed by atoms with Crippen LogP contribution in [0.1, 0.15) is 24.8 Å². The fourth-order valence-corrected chi connectivity index (χ4v) is 2.52. The molecule has 1 aliphatic heterocycles. The Labute approximate surface area is 96.5 Å². The molecule has 2 rings (SSSR count). The number of rotatable bonds is 3. The standard InChI is InChI=1S/C13H19FN2/c1-9(15-2)7-10-8-16(3)12-6-4-5-11(14)13(10)12/h4-6,9-10,15H,7-8H2,1-3H3. The van der Waals surface area contributed by atoms with Gasteiger partial charge in [0.05, 0.1) is 0 Å². The van der Waals surface area contributed by atoms with Crippen LogP contribution in [0.15, 0.2) is 18.2 Å². The predicted molar refractivity (Wildman–Crippen MR) is 65.5 cm³/mol. The van der Waals surface area contributed by atoms with Gasteiger partial charge < -0.3 is 10.2 Å². The van der Waals surface area contributed by atoms with Gasteiger partial charge in [-0.1, -0.05) is 6.07 Å². The van der Waals surface area contributed by atoms with Crippen LogP contribution in [-0.2, 0) is 0 Å². The lowest BCUT2D eigenvalue weighted by Gasteiger charge is -2.17. The zero-order valence-corrected chi connectivity index (χ0v) is 10.1. The highest BCUT2D eigenvalue weighted by Gasteiger charge is 2.29. The maximum Gasteiger partial charge on any atom is 0.128 e. The van der Waals surface area contributed by atoms with Crippen molar-refractivity contribution in [2.24, 2.45) is 0 Å². The van der Waals surface area contributed by atoms with Gasteiger partial charge in [0.1, 0.15) is 5.82 Å². The van der Waals surface area contributed by atoms with Gasteiger partial charge in [0.2, 0.25) is 0 Å². The molecular weight excluding hydrogens is 203 g/mol. The number of fused-ring (bicyclic) bond motifs is 1. The molecule has 0 aromatic heterocycles. The number of nitrogens with zero attached hydrogens (tertiary/aromatic N) is 1. The first-order valence-electron chi connectivity index (χ1n) is 5.80. The van der Waals surface area contributed by atoms with Gasteiger partial charge in [0, 0.05) is 36.8 Å². The molecule has 0 fully saturated rings. The van der Waals surface area contributed by atoms with Crippen molar-refractivity contribution in [3.8, 4) is 0 Å². The van der Waals surface area contributed by atoms with E-state index in [1.807, 2.05) is 20.2 Å². The fraction of sp³-hybridized carbons (Fsp3) is 0.538. The van der Waals surface area contributed by atoms with Crippen molar-refractivity contribution in [2.75, 3.05) is 25.5 Å². The summed E-state index contributed by atoms with van der Waals surface area (Å²) in [5.74, 6) is 0.249. The van der Waals surface area contributed by atoms with Gasteiger partial charge in [-0.15, -0.1) is 0 Å². The maximum absolute atomic E-state index is 13.8. The predicted octanol–water partition coefficient (Wildman–Crippen LogP) is 2.36. The Bertz CT molecular complexity index is 378. The Balaban J connectivity index is 2.27. The summed E-state index contributed by atoms with van der Waals surface area (Å²) in [6.45, 7) is 3.06. The Kier molecular flexibility index (Phi) is 3.15. The minimum atomic E-state index is -0.0600. The van der Waals surface area contributed by atoms with Crippen LogP contribution >= 0.6 is 0 Å². The average molecular weight is 222 g/mol. The van der Waals surface area contributed by atoms with E-state index in [2.05, 4.69) is 17.1 Å². The zero-order chi connectivity index (χ0) is 11.7. The van der Waals surface area contributed by atoms with Crippen molar-refractivity contribution in [3.63, 3.8) is 0 Å². The molecule has 0 radical (unpaired) electrons. The second-order valence-electron chi connectivity index (χ2n) is 4.68. The van der Waals surface area contributed by atoms with E-state index in [9.17, 15) is 4.39 Å². The molecule has 0 bridgehead atoms. The fourth-order valence-electron chi connectivity index (χ4n) is 2.52. The van der Waals surface area contributed by atoms with Crippen molar-refractivity contribution in [2.45, 2.75) is 25.3 Å². The summed E-state index contributed by atoms with van der Waals surface area (Å²) in [6.07, 6.45) is 0.981. The Morgan fingerprint density at radius 3 is 3.00 bits per heavy atom. The van der Waals surface area contributed by atoms with E-state index in [0.29, 0.717) is 12.0 Å². The van der Waals surface area contributed by atoms with E-state index in [1.165, 1.54) is 0 Å². The molecule has 1 N–H and O–H groups in total. The largest absolute Gasteiger partial charge is 0.374 e. The average Bonchev–Trinajstić information content (AvgIpc) is 2.57. The van der Waals surface area contributed by atoms with Crippen LogP contribution in [0.3, 0.4) is 0 Å². The molecule has 0 aliphatic carbocycles. The third kappa shape index (κ3) is 1.92. The quantitative estimate of drug-likeness (QED) is 0.844. The summed E-state index contributed by atoms with van der Waals surface area (Å²) in [5.41, 5.74) is 1.94. The summed E-state index contributed by atoms with van der Waals surface area (Å²) in [7, 11) is 3.98. The molecule has 0 amide bonds. The number of benzene rings is 1. The molecule has 1 aromatic carbocycles. The van der Waals surface area contributed by atoms with E-state index < -0.39 is 0 Å². The van der Waals surface area contributed by atoms with Gasteiger partial charge in [-0.05, 0) is 32.5 Å². The lowest BCUT2D eigenvalue weighted by Crippen LogP contribution is -2.25. The molecule has 0 spiro atoms. The van der Waals surface area contributed by atoms with Crippen molar-refractivity contribution in [1.82, 2.24) is 5.32 Å². The van der Waals surface area contributed by atoms with Crippen LogP contribution in [0, 0.1) is 5.82 Å². The third-order valence-electron chi connectivity index (χ3n) is 3.47. The molecule has 16 heavy (non-hydrogen) atoms. The van der Waals surface area contributed by atoms with Crippen LogP contribution in [-0.4, -0.2) is 26.7 Å². The van der Waals surface area contributed by atoms with Gasteiger partial charge in [-0.2, -0.15) is 0 Å².